The summed E-state index contributed by atoms with van der Waals surface area (Å²) in [7, 11) is 2.92. The number of nitrogens with zero attached hydrogens (tertiary/aromatic N) is 3. The molecule has 2 heterocycles. The van der Waals surface area contributed by atoms with Crippen LogP contribution in [0.1, 0.15) is 22.6 Å². The van der Waals surface area contributed by atoms with E-state index in [9.17, 15) is 14.4 Å². The standard InChI is InChI=1S/C18H19N7O4/c1-25-12-14(23-16(25)10-5-3-9(4-6-10)13(19)20)22-15(24-17(12)27)18(28)21-8-7-11(26)29-2/h3-6H,7-8H2,1-2H3,(H3,19,20)(H,21,28)(H,22,24,27). The number of hydrogen-bond donors (Lipinski definition) is 4. The maximum atomic E-state index is 12.5. The number of amidine groups is 1. The lowest BCUT2D eigenvalue weighted by Crippen LogP contribution is -2.30. The lowest BCUT2D eigenvalue weighted by molar-refractivity contribution is -0.140. The van der Waals surface area contributed by atoms with Gasteiger partial charge in [-0.1, -0.05) is 24.3 Å². The first-order valence-electron chi connectivity index (χ1n) is 8.58. The van der Waals surface area contributed by atoms with Gasteiger partial charge in [-0.3, -0.25) is 19.8 Å². The van der Waals surface area contributed by atoms with E-state index in [2.05, 4.69) is 25.0 Å². The molecule has 150 valence electrons. The number of nitrogen functional groups attached to an aromatic ring is 1. The first-order valence-corrected chi connectivity index (χ1v) is 8.58. The lowest BCUT2D eigenvalue weighted by atomic mass is 10.1. The van der Waals surface area contributed by atoms with Crippen LogP contribution in [0.25, 0.3) is 22.6 Å². The molecule has 3 aromatic rings. The molecule has 2 aromatic heterocycles. The van der Waals surface area contributed by atoms with Crippen LogP contribution in [0.3, 0.4) is 0 Å². The number of benzene rings is 1. The number of nitrogens with one attached hydrogen (secondary N) is 3. The molecule has 0 spiro atoms. The second kappa shape index (κ2) is 7.92. The Hall–Kier alpha value is -4.02. The van der Waals surface area contributed by atoms with Gasteiger partial charge in [-0.05, 0) is 0 Å². The Kier molecular flexibility index (Phi) is 5.39. The number of aromatic amines is 1. The Bertz CT molecular complexity index is 1160. The number of esters is 1. The maximum Gasteiger partial charge on any atom is 0.307 e. The molecule has 1 aromatic carbocycles. The van der Waals surface area contributed by atoms with Crippen molar-refractivity contribution in [2.45, 2.75) is 6.42 Å². The number of H-pyrrole nitrogens is 1. The molecule has 0 aliphatic heterocycles. The number of carbonyl (C=O) groups is 2. The third-order valence-electron chi connectivity index (χ3n) is 4.25. The fraction of sp³-hybridized carbons (Fsp3) is 0.222. The minimum Gasteiger partial charge on any atom is -0.469 e. The predicted octanol–water partition coefficient (Wildman–Crippen LogP) is -0.0994. The molecule has 29 heavy (non-hydrogen) atoms. The summed E-state index contributed by atoms with van der Waals surface area (Å²) in [5.74, 6) is -0.888. The van der Waals surface area contributed by atoms with Crippen LogP contribution < -0.4 is 16.6 Å². The minimum atomic E-state index is -0.633. The van der Waals surface area contributed by atoms with Gasteiger partial charge in [0.15, 0.2) is 11.2 Å². The summed E-state index contributed by atoms with van der Waals surface area (Å²) in [6.07, 6.45) is -0.00128. The Morgan fingerprint density at radius 3 is 2.59 bits per heavy atom. The van der Waals surface area contributed by atoms with Gasteiger partial charge >= 0.3 is 5.97 Å². The summed E-state index contributed by atoms with van der Waals surface area (Å²) in [6, 6.07) is 6.81. The number of aromatic nitrogens is 4. The van der Waals surface area contributed by atoms with Crippen LogP contribution in [0.2, 0.25) is 0 Å². The first kappa shape index (κ1) is 19.7. The normalized spacial score (nSPS) is 10.7. The molecule has 3 rings (SSSR count). The van der Waals surface area contributed by atoms with E-state index in [0.29, 0.717) is 17.0 Å². The van der Waals surface area contributed by atoms with Gasteiger partial charge in [-0.2, -0.15) is 0 Å². The summed E-state index contributed by atoms with van der Waals surface area (Å²) in [5.41, 5.74) is 6.52. The lowest BCUT2D eigenvalue weighted by Gasteiger charge is -2.04. The van der Waals surface area contributed by atoms with E-state index in [0.717, 1.165) is 0 Å². The van der Waals surface area contributed by atoms with Crippen LogP contribution in [0, 0.1) is 5.41 Å². The number of fused-ring (bicyclic) bond motifs is 1. The second-order valence-electron chi connectivity index (χ2n) is 6.15. The molecule has 0 saturated carbocycles. The van der Waals surface area contributed by atoms with Gasteiger partial charge < -0.3 is 25.3 Å². The molecule has 0 bridgehead atoms. The van der Waals surface area contributed by atoms with Crippen molar-refractivity contribution < 1.29 is 14.3 Å². The van der Waals surface area contributed by atoms with Crippen molar-refractivity contribution in [1.29, 1.82) is 5.41 Å². The highest BCUT2D eigenvalue weighted by atomic mass is 16.5. The van der Waals surface area contributed by atoms with E-state index in [-0.39, 0.29) is 35.8 Å². The van der Waals surface area contributed by atoms with Gasteiger partial charge in [0.05, 0.1) is 13.5 Å². The second-order valence-corrected chi connectivity index (χ2v) is 6.15. The Balaban J connectivity index is 1.92. The molecule has 11 heteroatoms. The topological polar surface area (TPSA) is 169 Å². The summed E-state index contributed by atoms with van der Waals surface area (Å²) >= 11 is 0. The van der Waals surface area contributed by atoms with E-state index in [1.807, 2.05) is 0 Å². The van der Waals surface area contributed by atoms with Crippen molar-refractivity contribution in [2.75, 3.05) is 13.7 Å². The highest BCUT2D eigenvalue weighted by molar-refractivity contribution is 5.95. The van der Waals surface area contributed by atoms with Gasteiger partial charge in [0, 0.05) is 24.7 Å². The third-order valence-corrected chi connectivity index (χ3v) is 4.25. The summed E-state index contributed by atoms with van der Waals surface area (Å²) in [6.45, 7) is 0.0449. The van der Waals surface area contributed by atoms with Crippen molar-refractivity contribution in [3.8, 4) is 11.4 Å². The number of aryl methyl sites for hydroxylation is 1. The van der Waals surface area contributed by atoms with Gasteiger partial charge in [-0.25, -0.2) is 9.97 Å². The molecule has 1 amide bonds. The van der Waals surface area contributed by atoms with Gasteiger partial charge in [0.25, 0.3) is 11.5 Å². The van der Waals surface area contributed by atoms with Crippen molar-refractivity contribution in [2.24, 2.45) is 12.8 Å². The molecule has 0 saturated heterocycles. The maximum absolute atomic E-state index is 12.5. The largest absolute Gasteiger partial charge is 0.469 e. The van der Waals surface area contributed by atoms with Crippen molar-refractivity contribution in [3.05, 3.63) is 46.0 Å². The van der Waals surface area contributed by atoms with Crippen LogP contribution in [-0.4, -0.2) is 50.9 Å². The smallest absolute Gasteiger partial charge is 0.307 e. The van der Waals surface area contributed by atoms with Crippen LogP contribution in [-0.2, 0) is 16.6 Å². The van der Waals surface area contributed by atoms with Crippen LogP contribution in [0.5, 0.6) is 0 Å². The summed E-state index contributed by atoms with van der Waals surface area (Å²) in [5, 5.41) is 9.94. The summed E-state index contributed by atoms with van der Waals surface area (Å²) < 4.78 is 6.07. The number of ether oxygens (including phenoxy) is 1. The number of nitrogens with two attached hydrogens (primary N) is 1. The number of imidazole rings is 1. The molecule has 0 fully saturated rings. The highest BCUT2D eigenvalue weighted by Gasteiger charge is 2.18. The third kappa shape index (κ3) is 3.98. The van der Waals surface area contributed by atoms with Crippen molar-refractivity contribution >= 4 is 28.9 Å². The molecule has 5 N–H and O–H groups in total. The zero-order valence-corrected chi connectivity index (χ0v) is 15.8. The molecule has 11 nitrogen and oxygen atoms in total. The average Bonchev–Trinajstić information content (AvgIpc) is 3.04. The zero-order chi connectivity index (χ0) is 21.1. The van der Waals surface area contributed by atoms with E-state index >= 15 is 0 Å². The number of methoxy groups -OCH3 is 1. The SMILES string of the molecule is COC(=O)CCNC(=O)c1nc2nc(-c3ccc(C(=N)N)cc3)n(C)c2c(=O)[nH]1. The number of amides is 1. The quantitative estimate of drug-likeness (QED) is 0.256. The number of carbonyl (C=O) groups excluding carboxylic acids is 2. The molecular formula is C18H19N7O4. The van der Waals surface area contributed by atoms with Crippen LogP contribution >= 0.6 is 0 Å². The molecule has 0 aliphatic rings. The molecular weight excluding hydrogens is 378 g/mol. The van der Waals surface area contributed by atoms with Gasteiger partial charge in [-0.15, -0.1) is 0 Å². The Morgan fingerprint density at radius 2 is 1.97 bits per heavy atom. The molecule has 0 aliphatic carbocycles. The molecule has 0 unspecified atom stereocenters. The minimum absolute atomic E-state index is 0.00128. The zero-order valence-electron chi connectivity index (χ0n) is 15.8. The van der Waals surface area contributed by atoms with Crippen molar-refractivity contribution in [3.63, 3.8) is 0 Å². The average molecular weight is 397 g/mol. The Morgan fingerprint density at radius 1 is 1.28 bits per heavy atom. The first-order chi connectivity index (χ1) is 13.8. The predicted molar refractivity (Wildman–Crippen MR) is 105 cm³/mol. The molecule has 0 radical (unpaired) electrons. The van der Waals surface area contributed by atoms with Crippen LogP contribution in [0.15, 0.2) is 29.1 Å². The number of hydrogen-bond acceptors (Lipinski definition) is 7. The summed E-state index contributed by atoms with van der Waals surface area (Å²) in [4.78, 5) is 46.8. The van der Waals surface area contributed by atoms with Gasteiger partial charge in [0.2, 0.25) is 5.82 Å². The molecule has 0 atom stereocenters. The van der Waals surface area contributed by atoms with Crippen molar-refractivity contribution in [1.82, 2.24) is 24.8 Å². The van der Waals surface area contributed by atoms with E-state index < -0.39 is 17.4 Å². The fourth-order valence-corrected chi connectivity index (χ4v) is 2.75. The Labute approximate surface area is 164 Å². The van der Waals surface area contributed by atoms with Gasteiger partial charge in [0.1, 0.15) is 11.7 Å². The number of rotatable bonds is 6. The van der Waals surface area contributed by atoms with E-state index in [1.54, 1.807) is 35.9 Å². The fourth-order valence-electron chi connectivity index (χ4n) is 2.75. The highest BCUT2D eigenvalue weighted by Crippen LogP contribution is 2.21. The van der Waals surface area contributed by atoms with Crippen LogP contribution in [0.4, 0.5) is 0 Å². The monoisotopic (exact) mass is 397 g/mol. The van der Waals surface area contributed by atoms with E-state index in [4.69, 9.17) is 11.1 Å². The van der Waals surface area contributed by atoms with E-state index in [1.165, 1.54) is 7.11 Å².